The molecule has 0 fully saturated rings. The fraction of sp³-hybridized carbons (Fsp3) is 0. The molecule has 4 nitrogen and oxygen atoms in total. The van der Waals surface area contributed by atoms with E-state index in [9.17, 15) is 10.2 Å². The number of rotatable bonds is 0. The molecule has 0 radical (unpaired) electrons. The Kier molecular flexibility index (Phi) is 2.98. The highest BCUT2D eigenvalue weighted by Gasteiger charge is 2.00. The molecule has 4 heteroatoms. The minimum absolute atomic E-state index is 0.0115. The summed E-state index contributed by atoms with van der Waals surface area (Å²) in [6.45, 7) is 0. The molecular weight excluding hydrogens is 228 g/mol. The maximum Gasteiger partial charge on any atom is 0.133 e. The molecule has 0 aliphatic heterocycles. The van der Waals surface area contributed by atoms with Crippen LogP contribution in [0.15, 0.2) is 36.4 Å². The van der Waals surface area contributed by atoms with Gasteiger partial charge in [0.2, 0.25) is 0 Å². The number of nitrogens with two attached hydrogens (primary N) is 2. The van der Waals surface area contributed by atoms with Crippen LogP contribution < -0.4 is 11.5 Å². The highest BCUT2D eigenvalue weighted by Crippen LogP contribution is 2.21. The molecule has 0 aliphatic rings. The second kappa shape index (κ2) is 4.60. The Bertz CT molecular complexity index is 599. The third kappa shape index (κ3) is 2.47. The van der Waals surface area contributed by atoms with E-state index in [0.29, 0.717) is 22.5 Å². The molecule has 0 unspecified atom stereocenters. The summed E-state index contributed by atoms with van der Waals surface area (Å²) in [4.78, 5) is 0. The summed E-state index contributed by atoms with van der Waals surface area (Å²) in [5.74, 6) is 5.54. The standard InChI is InChI=1S/C14H12N2O2/c15-11-5-3-9(13(17)7-11)1-2-10-4-6-12(16)8-14(10)18/h3-8,17-18H,15-16H2. The number of aromatic hydroxyl groups is 2. The van der Waals surface area contributed by atoms with Gasteiger partial charge < -0.3 is 21.7 Å². The van der Waals surface area contributed by atoms with Crippen molar-refractivity contribution in [1.29, 1.82) is 0 Å². The number of anilines is 2. The molecule has 0 heterocycles. The lowest BCUT2D eigenvalue weighted by molar-refractivity contribution is 0.473. The summed E-state index contributed by atoms with van der Waals surface area (Å²) < 4.78 is 0. The second-order valence-electron chi connectivity index (χ2n) is 3.80. The quantitative estimate of drug-likeness (QED) is 0.416. The highest BCUT2D eigenvalue weighted by atomic mass is 16.3. The van der Waals surface area contributed by atoms with E-state index in [0.717, 1.165) is 0 Å². The van der Waals surface area contributed by atoms with Crippen molar-refractivity contribution < 1.29 is 10.2 Å². The summed E-state index contributed by atoms with van der Waals surface area (Å²) in [5, 5.41) is 19.2. The van der Waals surface area contributed by atoms with Crippen molar-refractivity contribution in [1.82, 2.24) is 0 Å². The zero-order chi connectivity index (χ0) is 13.1. The van der Waals surface area contributed by atoms with E-state index in [4.69, 9.17) is 11.5 Å². The first kappa shape index (κ1) is 11.7. The van der Waals surface area contributed by atoms with E-state index in [1.165, 1.54) is 12.1 Å². The number of phenols is 2. The van der Waals surface area contributed by atoms with Gasteiger partial charge in [0.05, 0.1) is 11.1 Å². The van der Waals surface area contributed by atoms with Gasteiger partial charge in [-0.2, -0.15) is 0 Å². The molecule has 0 saturated heterocycles. The van der Waals surface area contributed by atoms with Crippen LogP contribution in [0.2, 0.25) is 0 Å². The van der Waals surface area contributed by atoms with Crippen molar-refractivity contribution in [3.05, 3.63) is 47.5 Å². The van der Waals surface area contributed by atoms with E-state index in [1.54, 1.807) is 24.3 Å². The normalized spacial score (nSPS) is 9.56. The number of benzene rings is 2. The van der Waals surface area contributed by atoms with Crippen LogP contribution in [0.3, 0.4) is 0 Å². The Morgan fingerprint density at radius 1 is 0.722 bits per heavy atom. The minimum Gasteiger partial charge on any atom is -0.507 e. The van der Waals surface area contributed by atoms with Crippen molar-refractivity contribution >= 4 is 11.4 Å². The third-order valence-electron chi connectivity index (χ3n) is 2.38. The van der Waals surface area contributed by atoms with Crippen molar-refractivity contribution in [2.24, 2.45) is 0 Å². The maximum atomic E-state index is 9.62. The van der Waals surface area contributed by atoms with Crippen molar-refractivity contribution in [3.8, 4) is 23.3 Å². The molecule has 90 valence electrons. The fourth-order valence-electron chi connectivity index (χ4n) is 1.44. The summed E-state index contributed by atoms with van der Waals surface area (Å²) in [5.41, 5.74) is 12.8. The zero-order valence-electron chi connectivity index (χ0n) is 9.51. The van der Waals surface area contributed by atoms with Crippen LogP contribution in [0.25, 0.3) is 0 Å². The van der Waals surface area contributed by atoms with Crippen molar-refractivity contribution in [2.45, 2.75) is 0 Å². The minimum atomic E-state index is 0.0115. The SMILES string of the molecule is Nc1ccc(C#Cc2ccc(N)cc2O)c(O)c1. The third-order valence-corrected chi connectivity index (χ3v) is 2.38. The van der Waals surface area contributed by atoms with Crippen LogP contribution in [0.1, 0.15) is 11.1 Å². The van der Waals surface area contributed by atoms with Crippen LogP contribution in [-0.4, -0.2) is 10.2 Å². The lowest BCUT2D eigenvalue weighted by atomic mass is 10.1. The highest BCUT2D eigenvalue weighted by molar-refractivity contribution is 5.58. The van der Waals surface area contributed by atoms with Gasteiger partial charge in [0.1, 0.15) is 11.5 Å². The van der Waals surface area contributed by atoms with Crippen LogP contribution in [0, 0.1) is 11.8 Å². The first-order chi connectivity index (χ1) is 8.56. The van der Waals surface area contributed by atoms with Gasteiger partial charge in [-0.05, 0) is 24.3 Å². The Balaban J connectivity index is 2.37. The Labute approximate surface area is 104 Å². The Hall–Kier alpha value is -2.80. The largest absolute Gasteiger partial charge is 0.507 e. The van der Waals surface area contributed by atoms with E-state index in [-0.39, 0.29) is 11.5 Å². The van der Waals surface area contributed by atoms with Crippen LogP contribution in [0.4, 0.5) is 11.4 Å². The Morgan fingerprint density at radius 3 is 1.44 bits per heavy atom. The number of hydrogen-bond acceptors (Lipinski definition) is 4. The van der Waals surface area contributed by atoms with Crippen LogP contribution >= 0.6 is 0 Å². The molecule has 18 heavy (non-hydrogen) atoms. The summed E-state index contributed by atoms with van der Waals surface area (Å²) in [6.07, 6.45) is 0. The van der Waals surface area contributed by atoms with Gasteiger partial charge in [-0.1, -0.05) is 11.8 Å². The molecule has 0 amide bonds. The van der Waals surface area contributed by atoms with E-state index < -0.39 is 0 Å². The van der Waals surface area contributed by atoms with Gasteiger partial charge in [-0.3, -0.25) is 0 Å². The van der Waals surface area contributed by atoms with E-state index in [2.05, 4.69) is 11.8 Å². The number of phenolic OH excluding ortho intramolecular Hbond substituents is 2. The predicted molar refractivity (Wildman–Crippen MR) is 71.0 cm³/mol. The number of hydrogen-bond donors (Lipinski definition) is 4. The van der Waals surface area contributed by atoms with Gasteiger partial charge in [-0.15, -0.1) is 0 Å². The molecule has 0 saturated carbocycles. The lowest BCUT2D eigenvalue weighted by Gasteiger charge is -1.99. The van der Waals surface area contributed by atoms with Gasteiger partial charge in [0, 0.05) is 23.5 Å². The molecular formula is C14H12N2O2. The molecule has 2 aromatic carbocycles. The molecule has 0 aliphatic carbocycles. The molecule has 0 aromatic heterocycles. The summed E-state index contributed by atoms with van der Waals surface area (Å²) in [6, 6.07) is 9.37. The molecule has 2 aromatic rings. The van der Waals surface area contributed by atoms with E-state index in [1.807, 2.05) is 0 Å². The van der Waals surface area contributed by atoms with Crippen LogP contribution in [-0.2, 0) is 0 Å². The number of nitrogen functional groups attached to an aromatic ring is 2. The second-order valence-corrected chi connectivity index (χ2v) is 3.80. The Morgan fingerprint density at radius 2 is 1.11 bits per heavy atom. The maximum absolute atomic E-state index is 9.62. The fourth-order valence-corrected chi connectivity index (χ4v) is 1.44. The van der Waals surface area contributed by atoms with E-state index >= 15 is 0 Å². The average molecular weight is 240 g/mol. The molecule has 0 bridgehead atoms. The van der Waals surface area contributed by atoms with Gasteiger partial charge in [0.25, 0.3) is 0 Å². The molecule has 6 N–H and O–H groups in total. The van der Waals surface area contributed by atoms with Crippen LogP contribution in [0.5, 0.6) is 11.5 Å². The average Bonchev–Trinajstić information content (AvgIpc) is 2.30. The molecule has 0 spiro atoms. The first-order valence-corrected chi connectivity index (χ1v) is 5.25. The molecule has 0 atom stereocenters. The lowest BCUT2D eigenvalue weighted by Crippen LogP contribution is -1.86. The van der Waals surface area contributed by atoms with Gasteiger partial charge >= 0.3 is 0 Å². The van der Waals surface area contributed by atoms with Gasteiger partial charge in [-0.25, -0.2) is 0 Å². The first-order valence-electron chi connectivity index (χ1n) is 5.25. The zero-order valence-corrected chi connectivity index (χ0v) is 9.51. The molecule has 2 rings (SSSR count). The predicted octanol–water partition coefficient (Wildman–Crippen LogP) is 1.66. The monoisotopic (exact) mass is 240 g/mol. The summed E-state index contributed by atoms with van der Waals surface area (Å²) in [7, 11) is 0. The summed E-state index contributed by atoms with van der Waals surface area (Å²) >= 11 is 0. The topological polar surface area (TPSA) is 92.5 Å². The van der Waals surface area contributed by atoms with Crippen molar-refractivity contribution in [3.63, 3.8) is 0 Å². The van der Waals surface area contributed by atoms with Crippen molar-refractivity contribution in [2.75, 3.05) is 11.5 Å². The smallest absolute Gasteiger partial charge is 0.133 e. The van der Waals surface area contributed by atoms with Gasteiger partial charge in [0.15, 0.2) is 0 Å².